The van der Waals surface area contributed by atoms with Crippen molar-refractivity contribution in [2.45, 2.75) is 52.3 Å². The summed E-state index contributed by atoms with van der Waals surface area (Å²) in [6.07, 6.45) is 0. The van der Waals surface area contributed by atoms with Crippen LogP contribution in [0.5, 0.6) is 0 Å². The lowest BCUT2D eigenvalue weighted by molar-refractivity contribution is -0.156. The first-order valence-electron chi connectivity index (χ1n) is 5.96. The fraction of sp³-hybridized carbons (Fsp3) is 0.917. The number of carbonyl (C=O) groups excluding carboxylic acids is 1. The van der Waals surface area contributed by atoms with Gasteiger partial charge in [-0.15, -0.1) is 0 Å². The highest BCUT2D eigenvalue weighted by molar-refractivity contribution is 5.72. The Kier molecular flexibility index (Phi) is 4.33. The van der Waals surface area contributed by atoms with Crippen molar-refractivity contribution < 1.29 is 9.53 Å². The average molecular weight is 228 g/mol. The Hall–Kier alpha value is -0.610. The first-order valence-corrected chi connectivity index (χ1v) is 5.96. The number of hydrogen-bond acceptors (Lipinski definition) is 4. The van der Waals surface area contributed by atoms with Gasteiger partial charge in [0.15, 0.2) is 0 Å². The summed E-state index contributed by atoms with van der Waals surface area (Å²) in [4.78, 5) is 13.8. The van der Waals surface area contributed by atoms with E-state index in [0.717, 1.165) is 13.1 Å². The van der Waals surface area contributed by atoms with Crippen LogP contribution in [0.4, 0.5) is 0 Å². The van der Waals surface area contributed by atoms with E-state index in [4.69, 9.17) is 4.74 Å². The van der Waals surface area contributed by atoms with E-state index in [9.17, 15) is 4.79 Å². The van der Waals surface area contributed by atoms with Crippen LogP contribution >= 0.6 is 0 Å². The summed E-state index contributed by atoms with van der Waals surface area (Å²) < 4.78 is 5.31. The molecule has 4 nitrogen and oxygen atoms in total. The maximum absolute atomic E-state index is 11.7. The molecule has 1 saturated heterocycles. The molecule has 1 heterocycles. The maximum atomic E-state index is 11.7. The molecule has 1 aliphatic rings. The lowest BCUT2D eigenvalue weighted by Crippen LogP contribution is -2.55. The molecule has 0 aromatic rings. The number of carbonyl (C=O) groups is 1. The largest absolute Gasteiger partial charge is 0.459 e. The summed E-state index contributed by atoms with van der Waals surface area (Å²) >= 11 is 0. The highest BCUT2D eigenvalue weighted by Crippen LogP contribution is 2.09. The minimum atomic E-state index is -0.387. The monoisotopic (exact) mass is 228 g/mol. The van der Waals surface area contributed by atoms with E-state index in [1.807, 2.05) is 20.8 Å². The van der Waals surface area contributed by atoms with Crippen molar-refractivity contribution in [3.63, 3.8) is 0 Å². The van der Waals surface area contributed by atoms with Gasteiger partial charge >= 0.3 is 5.97 Å². The molecule has 94 valence electrons. The smallest absolute Gasteiger partial charge is 0.320 e. The maximum Gasteiger partial charge on any atom is 0.320 e. The fourth-order valence-electron chi connectivity index (χ4n) is 2.13. The van der Waals surface area contributed by atoms with Crippen LogP contribution in [0, 0.1) is 0 Å². The minimum absolute atomic E-state index is 0.131. The number of nitrogens with zero attached hydrogens (tertiary/aromatic N) is 1. The van der Waals surface area contributed by atoms with Crippen molar-refractivity contribution >= 4 is 5.97 Å². The van der Waals surface area contributed by atoms with E-state index >= 15 is 0 Å². The van der Waals surface area contributed by atoms with Crippen molar-refractivity contribution in [2.24, 2.45) is 0 Å². The highest BCUT2D eigenvalue weighted by Gasteiger charge is 2.24. The Morgan fingerprint density at radius 1 is 1.31 bits per heavy atom. The van der Waals surface area contributed by atoms with Crippen LogP contribution in [0.3, 0.4) is 0 Å². The Labute approximate surface area is 98.3 Å². The van der Waals surface area contributed by atoms with Crippen molar-refractivity contribution in [3.8, 4) is 0 Å². The molecule has 1 rings (SSSR count). The fourth-order valence-corrected chi connectivity index (χ4v) is 2.13. The Morgan fingerprint density at radius 3 is 2.25 bits per heavy atom. The lowest BCUT2D eigenvalue weighted by Gasteiger charge is -2.35. The Morgan fingerprint density at radius 2 is 1.81 bits per heavy atom. The molecule has 1 fully saturated rings. The van der Waals surface area contributed by atoms with Gasteiger partial charge in [0.05, 0.1) is 6.54 Å². The third kappa shape index (κ3) is 4.94. The first-order chi connectivity index (χ1) is 7.26. The van der Waals surface area contributed by atoms with Gasteiger partial charge in [0.1, 0.15) is 5.60 Å². The predicted molar refractivity (Wildman–Crippen MR) is 64.3 cm³/mol. The second kappa shape index (κ2) is 5.15. The zero-order valence-corrected chi connectivity index (χ0v) is 11.0. The van der Waals surface area contributed by atoms with Crippen LogP contribution in [0.25, 0.3) is 0 Å². The van der Waals surface area contributed by atoms with Crippen LogP contribution in [0.2, 0.25) is 0 Å². The summed E-state index contributed by atoms with van der Waals surface area (Å²) in [6, 6.07) is 0.873. The molecule has 1 N–H and O–H groups in total. The predicted octanol–water partition coefficient (Wildman–Crippen LogP) is 1.01. The minimum Gasteiger partial charge on any atom is -0.459 e. The van der Waals surface area contributed by atoms with E-state index in [1.165, 1.54) is 0 Å². The van der Waals surface area contributed by atoms with Gasteiger partial charge in [-0.2, -0.15) is 0 Å². The van der Waals surface area contributed by atoms with Crippen molar-refractivity contribution in [3.05, 3.63) is 0 Å². The zero-order chi connectivity index (χ0) is 12.3. The normalized spacial score (nSPS) is 27.8. The molecule has 0 aromatic carbocycles. The number of ether oxygens (including phenoxy) is 1. The van der Waals surface area contributed by atoms with Crippen LogP contribution in [-0.2, 0) is 9.53 Å². The number of esters is 1. The van der Waals surface area contributed by atoms with Crippen LogP contribution in [-0.4, -0.2) is 48.2 Å². The standard InChI is InChI=1S/C12H24N2O2/c1-9-6-14(7-10(2)13-9)8-11(15)16-12(3,4)5/h9-10,13H,6-8H2,1-5H3. The van der Waals surface area contributed by atoms with E-state index < -0.39 is 0 Å². The van der Waals surface area contributed by atoms with Gasteiger partial charge in [0.25, 0.3) is 0 Å². The molecule has 0 aromatic heterocycles. The molecule has 0 amide bonds. The Balaban J connectivity index is 2.39. The van der Waals surface area contributed by atoms with Gasteiger partial charge < -0.3 is 10.1 Å². The third-order valence-corrected chi connectivity index (χ3v) is 2.41. The number of nitrogens with one attached hydrogen (secondary N) is 1. The number of rotatable bonds is 2. The number of piperazine rings is 1. The number of hydrogen-bond donors (Lipinski definition) is 1. The van der Waals surface area contributed by atoms with E-state index in [-0.39, 0.29) is 11.6 Å². The SMILES string of the molecule is CC1CN(CC(=O)OC(C)(C)C)CC(C)N1. The van der Waals surface area contributed by atoms with E-state index in [0.29, 0.717) is 18.6 Å². The summed E-state index contributed by atoms with van der Waals surface area (Å²) in [5.41, 5.74) is -0.387. The molecule has 1 aliphatic heterocycles. The topological polar surface area (TPSA) is 41.6 Å². The molecular formula is C12H24N2O2. The van der Waals surface area contributed by atoms with Gasteiger partial charge in [0.2, 0.25) is 0 Å². The average Bonchev–Trinajstić information content (AvgIpc) is 1.96. The second-order valence-corrected chi connectivity index (χ2v) is 5.75. The lowest BCUT2D eigenvalue weighted by atomic mass is 10.1. The van der Waals surface area contributed by atoms with Crippen LogP contribution in [0.15, 0.2) is 0 Å². The zero-order valence-electron chi connectivity index (χ0n) is 11.0. The van der Waals surface area contributed by atoms with Gasteiger partial charge in [-0.05, 0) is 34.6 Å². The molecule has 0 saturated carbocycles. The molecule has 0 bridgehead atoms. The van der Waals surface area contributed by atoms with Gasteiger partial charge in [-0.3, -0.25) is 9.69 Å². The summed E-state index contributed by atoms with van der Waals surface area (Å²) in [5.74, 6) is -0.131. The molecular weight excluding hydrogens is 204 g/mol. The quantitative estimate of drug-likeness (QED) is 0.716. The van der Waals surface area contributed by atoms with Crippen molar-refractivity contribution in [1.82, 2.24) is 10.2 Å². The first kappa shape index (κ1) is 13.5. The van der Waals surface area contributed by atoms with Crippen molar-refractivity contribution in [1.29, 1.82) is 0 Å². The van der Waals surface area contributed by atoms with Gasteiger partial charge in [-0.1, -0.05) is 0 Å². The summed E-state index contributed by atoms with van der Waals surface area (Å²) in [6.45, 7) is 12.2. The molecule has 16 heavy (non-hydrogen) atoms. The second-order valence-electron chi connectivity index (χ2n) is 5.75. The van der Waals surface area contributed by atoms with Crippen LogP contribution < -0.4 is 5.32 Å². The third-order valence-electron chi connectivity index (χ3n) is 2.41. The van der Waals surface area contributed by atoms with Crippen molar-refractivity contribution in [2.75, 3.05) is 19.6 Å². The Bertz CT molecular complexity index is 238. The van der Waals surface area contributed by atoms with Crippen LogP contribution in [0.1, 0.15) is 34.6 Å². The van der Waals surface area contributed by atoms with E-state index in [1.54, 1.807) is 0 Å². The van der Waals surface area contributed by atoms with E-state index in [2.05, 4.69) is 24.1 Å². The molecule has 4 heteroatoms. The summed E-state index contributed by atoms with van der Waals surface area (Å²) in [7, 11) is 0. The molecule has 2 unspecified atom stereocenters. The molecule has 0 aliphatic carbocycles. The molecule has 0 spiro atoms. The molecule has 0 radical (unpaired) electrons. The van der Waals surface area contributed by atoms with Gasteiger partial charge in [0, 0.05) is 25.2 Å². The highest BCUT2D eigenvalue weighted by atomic mass is 16.6. The summed E-state index contributed by atoms with van der Waals surface area (Å²) in [5, 5.41) is 3.44. The molecule has 2 atom stereocenters. The van der Waals surface area contributed by atoms with Gasteiger partial charge in [-0.25, -0.2) is 0 Å².